The first-order valence-electron chi connectivity index (χ1n) is 10.6. The molecule has 0 saturated carbocycles. The lowest BCUT2D eigenvalue weighted by atomic mass is 10.2. The summed E-state index contributed by atoms with van der Waals surface area (Å²) < 4.78 is 10.0. The summed E-state index contributed by atoms with van der Waals surface area (Å²) in [5.41, 5.74) is 1.56. The van der Waals surface area contributed by atoms with Crippen molar-refractivity contribution in [2.45, 2.75) is 26.3 Å². The first-order chi connectivity index (χ1) is 15.8. The third-order valence-corrected chi connectivity index (χ3v) is 5.43. The van der Waals surface area contributed by atoms with Gasteiger partial charge in [-0.05, 0) is 37.6 Å². The monoisotopic (exact) mass is 447 g/mol. The number of para-hydroxylation sites is 2. The third kappa shape index (κ3) is 4.57. The van der Waals surface area contributed by atoms with Crippen LogP contribution in [-0.4, -0.2) is 24.6 Å². The minimum Gasteiger partial charge on any atom is -0.455 e. The maximum absolute atomic E-state index is 12.6. The second-order valence-electron chi connectivity index (χ2n) is 7.88. The Morgan fingerprint density at radius 1 is 1.03 bits per heavy atom. The van der Waals surface area contributed by atoms with E-state index in [-0.39, 0.29) is 12.3 Å². The fourth-order valence-electron chi connectivity index (χ4n) is 3.58. The number of anilines is 1. The summed E-state index contributed by atoms with van der Waals surface area (Å²) in [5, 5.41) is 2.90. The average molecular weight is 447 g/mol. The van der Waals surface area contributed by atoms with E-state index in [4.69, 9.17) is 4.74 Å². The van der Waals surface area contributed by atoms with E-state index in [1.807, 2.05) is 43.3 Å². The van der Waals surface area contributed by atoms with Crippen molar-refractivity contribution < 1.29 is 9.53 Å². The first kappa shape index (κ1) is 22.1. The molecule has 4 aromatic rings. The Balaban J connectivity index is 1.42. The lowest BCUT2D eigenvalue weighted by Gasteiger charge is -2.12. The van der Waals surface area contributed by atoms with Crippen LogP contribution < -0.4 is 21.3 Å². The van der Waals surface area contributed by atoms with Crippen molar-refractivity contribution in [2.75, 3.05) is 5.32 Å². The average Bonchev–Trinajstić information content (AvgIpc) is 3.23. The molecule has 4 rings (SSSR count). The van der Waals surface area contributed by atoms with Gasteiger partial charge in [0.15, 0.2) is 16.9 Å². The molecule has 2 heterocycles. The number of aryl methyl sites for hydroxylation is 3. The Bertz CT molecular complexity index is 1430. The van der Waals surface area contributed by atoms with Crippen molar-refractivity contribution >= 4 is 22.8 Å². The Labute approximate surface area is 189 Å². The van der Waals surface area contributed by atoms with Gasteiger partial charge < -0.3 is 14.6 Å². The molecule has 33 heavy (non-hydrogen) atoms. The highest BCUT2D eigenvalue weighted by molar-refractivity contribution is 5.92. The van der Waals surface area contributed by atoms with E-state index in [1.165, 1.54) is 17.9 Å². The predicted molar refractivity (Wildman–Crippen MR) is 126 cm³/mol. The number of carbonyl (C=O) groups is 1. The second-order valence-corrected chi connectivity index (χ2v) is 7.88. The first-order valence-corrected chi connectivity index (χ1v) is 10.6. The van der Waals surface area contributed by atoms with Gasteiger partial charge in [-0.15, -0.1) is 0 Å². The number of benzene rings is 2. The number of ether oxygens (including phenoxy) is 1. The Morgan fingerprint density at radius 2 is 1.76 bits per heavy atom. The Morgan fingerprint density at radius 3 is 2.52 bits per heavy atom. The van der Waals surface area contributed by atoms with Crippen molar-refractivity contribution in [3.05, 3.63) is 81.3 Å². The number of rotatable bonds is 7. The van der Waals surface area contributed by atoms with Crippen LogP contribution in [0.5, 0.6) is 11.5 Å². The number of hydrogen-bond donors (Lipinski definition) is 1. The van der Waals surface area contributed by atoms with Crippen LogP contribution in [0.3, 0.4) is 0 Å². The topological polar surface area (TPSA) is 100 Å². The summed E-state index contributed by atoms with van der Waals surface area (Å²) >= 11 is 0. The molecule has 0 aliphatic heterocycles. The summed E-state index contributed by atoms with van der Waals surface area (Å²) in [7, 11) is 3.01. The van der Waals surface area contributed by atoms with Gasteiger partial charge in [-0.3, -0.25) is 18.7 Å². The number of hydrogen-bond acceptors (Lipinski definition) is 5. The molecule has 0 fully saturated rings. The van der Waals surface area contributed by atoms with E-state index in [2.05, 4.69) is 10.3 Å². The molecule has 1 amide bonds. The van der Waals surface area contributed by atoms with Crippen molar-refractivity contribution in [1.82, 2.24) is 18.7 Å². The summed E-state index contributed by atoms with van der Waals surface area (Å²) in [5.74, 6) is 1.07. The normalized spacial score (nSPS) is 11.0. The van der Waals surface area contributed by atoms with Crippen LogP contribution >= 0.6 is 0 Å². The minimum absolute atomic E-state index is 0.167. The Kier molecular flexibility index (Phi) is 6.12. The molecule has 0 aliphatic carbocycles. The van der Waals surface area contributed by atoms with E-state index in [0.29, 0.717) is 41.3 Å². The molecule has 0 aliphatic rings. The van der Waals surface area contributed by atoms with Gasteiger partial charge in [-0.25, -0.2) is 9.78 Å². The predicted octanol–water partition coefficient (Wildman–Crippen LogP) is 2.95. The van der Waals surface area contributed by atoms with Crippen LogP contribution in [0.15, 0.2) is 64.4 Å². The molecule has 9 nitrogen and oxygen atoms in total. The van der Waals surface area contributed by atoms with Gasteiger partial charge in [0.1, 0.15) is 5.75 Å². The fraction of sp³-hybridized carbons (Fsp3) is 0.250. The van der Waals surface area contributed by atoms with E-state index in [1.54, 1.807) is 23.7 Å². The molecule has 0 bridgehead atoms. The number of fused-ring (bicyclic) bond motifs is 1. The maximum atomic E-state index is 12.6. The van der Waals surface area contributed by atoms with Crippen LogP contribution in [0.1, 0.15) is 18.4 Å². The lowest BCUT2D eigenvalue weighted by molar-refractivity contribution is -0.116. The van der Waals surface area contributed by atoms with E-state index >= 15 is 0 Å². The van der Waals surface area contributed by atoms with Crippen LogP contribution in [-0.2, 0) is 25.4 Å². The summed E-state index contributed by atoms with van der Waals surface area (Å²) in [6.07, 6.45) is 2.25. The van der Waals surface area contributed by atoms with E-state index in [9.17, 15) is 14.4 Å². The zero-order chi connectivity index (χ0) is 23.5. The van der Waals surface area contributed by atoms with Crippen molar-refractivity contribution in [2.24, 2.45) is 14.1 Å². The minimum atomic E-state index is -0.427. The molecule has 1 N–H and O–H groups in total. The van der Waals surface area contributed by atoms with Crippen LogP contribution in [0.25, 0.3) is 11.2 Å². The zero-order valence-electron chi connectivity index (χ0n) is 18.7. The molecule has 2 aromatic heterocycles. The standard InChI is InChI=1S/C24H25N5O4/c1-16-10-12-17(13-11-16)33-19-8-5-4-7-18(19)26-20(30)9-6-14-29-15-25-22-21(29)23(31)28(3)24(32)27(22)2/h4-5,7-8,10-13,15H,6,9,14H2,1-3H3,(H,26,30). The highest BCUT2D eigenvalue weighted by Gasteiger charge is 2.15. The smallest absolute Gasteiger partial charge is 0.332 e. The molecular weight excluding hydrogens is 422 g/mol. The molecular formula is C24H25N5O4. The van der Waals surface area contributed by atoms with Crippen molar-refractivity contribution in [1.29, 1.82) is 0 Å². The number of amides is 1. The zero-order valence-corrected chi connectivity index (χ0v) is 18.7. The molecule has 0 atom stereocenters. The van der Waals surface area contributed by atoms with Gasteiger partial charge in [0.25, 0.3) is 5.56 Å². The van der Waals surface area contributed by atoms with E-state index < -0.39 is 11.2 Å². The number of nitrogens with zero attached hydrogens (tertiary/aromatic N) is 4. The van der Waals surface area contributed by atoms with Crippen LogP contribution in [0.4, 0.5) is 5.69 Å². The third-order valence-electron chi connectivity index (χ3n) is 5.43. The summed E-state index contributed by atoms with van der Waals surface area (Å²) in [6, 6.07) is 14.9. The SMILES string of the molecule is Cc1ccc(Oc2ccccc2NC(=O)CCCn2cnc3c2c(=O)n(C)c(=O)n3C)cc1. The molecule has 0 unspecified atom stereocenters. The van der Waals surface area contributed by atoms with Crippen molar-refractivity contribution in [3.63, 3.8) is 0 Å². The lowest BCUT2D eigenvalue weighted by Crippen LogP contribution is -2.37. The largest absolute Gasteiger partial charge is 0.455 e. The van der Waals surface area contributed by atoms with Gasteiger partial charge in [0.2, 0.25) is 5.91 Å². The summed E-state index contributed by atoms with van der Waals surface area (Å²) in [4.78, 5) is 41.4. The molecule has 9 heteroatoms. The number of imidazole rings is 1. The molecule has 170 valence electrons. The second kappa shape index (κ2) is 9.15. The van der Waals surface area contributed by atoms with Crippen molar-refractivity contribution in [3.8, 4) is 11.5 Å². The highest BCUT2D eigenvalue weighted by atomic mass is 16.5. The van der Waals surface area contributed by atoms with E-state index in [0.717, 1.165) is 10.1 Å². The highest BCUT2D eigenvalue weighted by Crippen LogP contribution is 2.29. The molecule has 2 aromatic carbocycles. The molecule has 0 saturated heterocycles. The van der Waals surface area contributed by atoms with Gasteiger partial charge >= 0.3 is 5.69 Å². The number of nitrogens with one attached hydrogen (secondary N) is 1. The van der Waals surface area contributed by atoms with Gasteiger partial charge in [-0.2, -0.15) is 0 Å². The van der Waals surface area contributed by atoms with Crippen LogP contribution in [0, 0.1) is 6.92 Å². The maximum Gasteiger partial charge on any atom is 0.332 e. The van der Waals surface area contributed by atoms with Gasteiger partial charge in [0, 0.05) is 27.1 Å². The molecule has 0 radical (unpaired) electrons. The fourth-order valence-corrected chi connectivity index (χ4v) is 3.58. The van der Waals surface area contributed by atoms with Gasteiger partial charge in [0.05, 0.1) is 12.0 Å². The van der Waals surface area contributed by atoms with Gasteiger partial charge in [-0.1, -0.05) is 29.8 Å². The quantitative estimate of drug-likeness (QED) is 0.470. The summed E-state index contributed by atoms with van der Waals surface area (Å²) in [6.45, 7) is 2.42. The molecule has 0 spiro atoms. The van der Waals surface area contributed by atoms with Crippen LogP contribution in [0.2, 0.25) is 0 Å². The number of carbonyl (C=O) groups excluding carboxylic acids is 1. The number of aromatic nitrogens is 4. The Hall–Kier alpha value is -4.14.